The van der Waals surface area contributed by atoms with Crippen LogP contribution in [0.5, 0.6) is 0 Å². The molecule has 112 valence electrons. The number of hydrogen-bond donors (Lipinski definition) is 2. The Kier molecular flexibility index (Phi) is 4.93. The first-order chi connectivity index (χ1) is 10.0. The second kappa shape index (κ2) is 6.69. The van der Waals surface area contributed by atoms with E-state index in [1.165, 1.54) is 0 Å². The lowest BCUT2D eigenvalue weighted by atomic mass is 10.2. The lowest BCUT2D eigenvalue weighted by Crippen LogP contribution is -2.15. The highest BCUT2D eigenvalue weighted by molar-refractivity contribution is 7.92. The van der Waals surface area contributed by atoms with Crippen molar-refractivity contribution in [1.82, 2.24) is 10.3 Å². The van der Waals surface area contributed by atoms with Crippen molar-refractivity contribution in [3.8, 4) is 0 Å². The molecule has 6 heteroatoms. The fourth-order valence-electron chi connectivity index (χ4n) is 1.85. The van der Waals surface area contributed by atoms with Gasteiger partial charge in [-0.15, -0.1) is 0 Å². The lowest BCUT2D eigenvalue weighted by Gasteiger charge is -2.09. The number of nitrogens with zero attached hydrogens (tertiary/aromatic N) is 1. The molecule has 0 saturated heterocycles. The van der Waals surface area contributed by atoms with Crippen LogP contribution in [0.1, 0.15) is 18.2 Å². The van der Waals surface area contributed by atoms with Crippen molar-refractivity contribution >= 4 is 15.8 Å². The molecule has 0 unspecified atom stereocenters. The molecule has 2 aromatic rings. The second-order valence-corrected chi connectivity index (χ2v) is 6.38. The van der Waals surface area contributed by atoms with E-state index in [1.54, 1.807) is 36.4 Å². The zero-order valence-corrected chi connectivity index (χ0v) is 12.9. The second-order valence-electron chi connectivity index (χ2n) is 4.69. The highest BCUT2D eigenvalue weighted by atomic mass is 32.2. The molecule has 0 aliphatic rings. The standard InChI is InChI=1S/C15H19N3O2S/c1-3-16-11-13-7-9-14(10-8-13)21(19,20)18-15-6-4-5-12(2)17-15/h4-10,16H,3,11H2,1-2H3,(H,17,18). The average molecular weight is 305 g/mol. The number of nitrogens with one attached hydrogen (secondary N) is 2. The Morgan fingerprint density at radius 1 is 1.10 bits per heavy atom. The number of aryl methyl sites for hydroxylation is 1. The molecule has 1 aromatic carbocycles. The third-order valence-corrected chi connectivity index (χ3v) is 4.31. The summed E-state index contributed by atoms with van der Waals surface area (Å²) in [6.45, 7) is 5.44. The number of sulfonamides is 1. The van der Waals surface area contributed by atoms with Gasteiger partial charge in [-0.3, -0.25) is 4.72 Å². The summed E-state index contributed by atoms with van der Waals surface area (Å²) >= 11 is 0. The van der Waals surface area contributed by atoms with Crippen LogP contribution in [0, 0.1) is 6.92 Å². The summed E-state index contributed by atoms with van der Waals surface area (Å²) in [5, 5.41) is 3.19. The van der Waals surface area contributed by atoms with Crippen LogP contribution in [0.25, 0.3) is 0 Å². The van der Waals surface area contributed by atoms with Crippen molar-refractivity contribution in [3.63, 3.8) is 0 Å². The molecule has 5 nitrogen and oxygen atoms in total. The zero-order chi connectivity index (χ0) is 15.3. The van der Waals surface area contributed by atoms with Gasteiger partial charge in [-0.1, -0.05) is 25.1 Å². The van der Waals surface area contributed by atoms with Gasteiger partial charge in [-0.25, -0.2) is 13.4 Å². The molecule has 0 aliphatic heterocycles. The first kappa shape index (κ1) is 15.5. The third kappa shape index (κ3) is 4.27. The molecule has 21 heavy (non-hydrogen) atoms. The maximum atomic E-state index is 12.3. The minimum Gasteiger partial charge on any atom is -0.313 e. The van der Waals surface area contributed by atoms with Gasteiger partial charge in [0.1, 0.15) is 5.82 Å². The van der Waals surface area contributed by atoms with Crippen LogP contribution in [-0.2, 0) is 16.6 Å². The first-order valence-corrected chi connectivity index (χ1v) is 8.26. The summed E-state index contributed by atoms with van der Waals surface area (Å²) in [6, 6.07) is 12.0. The summed E-state index contributed by atoms with van der Waals surface area (Å²) in [5.41, 5.74) is 1.81. The smallest absolute Gasteiger partial charge is 0.263 e. The summed E-state index contributed by atoms with van der Waals surface area (Å²) in [7, 11) is -3.60. The Hall–Kier alpha value is -1.92. The topological polar surface area (TPSA) is 71.1 Å². The average Bonchev–Trinajstić information content (AvgIpc) is 2.45. The maximum Gasteiger partial charge on any atom is 0.263 e. The molecular formula is C15H19N3O2S. The number of benzene rings is 1. The van der Waals surface area contributed by atoms with E-state index in [2.05, 4.69) is 15.0 Å². The molecule has 0 aliphatic carbocycles. The molecule has 2 N–H and O–H groups in total. The number of hydrogen-bond acceptors (Lipinski definition) is 4. The largest absolute Gasteiger partial charge is 0.313 e. The maximum absolute atomic E-state index is 12.3. The highest BCUT2D eigenvalue weighted by Gasteiger charge is 2.14. The predicted octanol–water partition coefficient (Wildman–Crippen LogP) is 2.30. The Morgan fingerprint density at radius 3 is 2.43 bits per heavy atom. The fourth-order valence-corrected chi connectivity index (χ4v) is 2.85. The summed E-state index contributed by atoms with van der Waals surface area (Å²) < 4.78 is 27.0. The molecule has 0 radical (unpaired) electrons. The summed E-state index contributed by atoms with van der Waals surface area (Å²) in [6.07, 6.45) is 0. The van der Waals surface area contributed by atoms with Gasteiger partial charge in [-0.05, 0) is 43.3 Å². The van der Waals surface area contributed by atoms with E-state index < -0.39 is 10.0 Å². The van der Waals surface area contributed by atoms with E-state index in [4.69, 9.17) is 0 Å². The van der Waals surface area contributed by atoms with Crippen LogP contribution >= 0.6 is 0 Å². The van der Waals surface area contributed by atoms with Gasteiger partial charge in [-0.2, -0.15) is 0 Å². The van der Waals surface area contributed by atoms with E-state index in [1.807, 2.05) is 19.9 Å². The Morgan fingerprint density at radius 2 is 1.81 bits per heavy atom. The Labute approximate surface area is 125 Å². The summed E-state index contributed by atoms with van der Waals surface area (Å²) in [4.78, 5) is 4.37. The van der Waals surface area contributed by atoms with E-state index in [-0.39, 0.29) is 4.90 Å². The molecule has 0 spiro atoms. The molecule has 1 aromatic heterocycles. The molecule has 0 atom stereocenters. The molecule has 0 amide bonds. The number of aromatic nitrogens is 1. The predicted molar refractivity (Wildman–Crippen MR) is 83.6 cm³/mol. The first-order valence-electron chi connectivity index (χ1n) is 6.77. The van der Waals surface area contributed by atoms with Crippen molar-refractivity contribution in [2.75, 3.05) is 11.3 Å². The van der Waals surface area contributed by atoms with Gasteiger partial charge in [0, 0.05) is 12.2 Å². The van der Waals surface area contributed by atoms with Crippen LogP contribution in [0.3, 0.4) is 0 Å². The molecule has 0 fully saturated rings. The number of anilines is 1. The van der Waals surface area contributed by atoms with Crippen LogP contribution < -0.4 is 10.0 Å². The number of pyridine rings is 1. The van der Waals surface area contributed by atoms with Crippen molar-refractivity contribution in [2.24, 2.45) is 0 Å². The minimum absolute atomic E-state index is 0.228. The van der Waals surface area contributed by atoms with Crippen molar-refractivity contribution in [2.45, 2.75) is 25.3 Å². The van der Waals surface area contributed by atoms with Crippen molar-refractivity contribution in [3.05, 3.63) is 53.7 Å². The van der Waals surface area contributed by atoms with Crippen LogP contribution in [0.15, 0.2) is 47.4 Å². The Bertz CT molecular complexity index is 697. The SMILES string of the molecule is CCNCc1ccc(S(=O)(=O)Nc2cccc(C)n2)cc1. The number of rotatable bonds is 6. The Balaban J connectivity index is 2.15. The van der Waals surface area contributed by atoms with E-state index in [0.29, 0.717) is 5.82 Å². The van der Waals surface area contributed by atoms with E-state index in [9.17, 15) is 8.42 Å². The van der Waals surface area contributed by atoms with E-state index >= 15 is 0 Å². The molecule has 1 heterocycles. The molecular weight excluding hydrogens is 286 g/mol. The zero-order valence-electron chi connectivity index (χ0n) is 12.1. The summed E-state index contributed by atoms with van der Waals surface area (Å²) in [5.74, 6) is 0.326. The van der Waals surface area contributed by atoms with Gasteiger partial charge in [0.05, 0.1) is 4.90 Å². The molecule has 0 saturated carbocycles. The quantitative estimate of drug-likeness (QED) is 0.859. The third-order valence-electron chi connectivity index (χ3n) is 2.94. The van der Waals surface area contributed by atoms with Crippen molar-refractivity contribution < 1.29 is 8.42 Å². The van der Waals surface area contributed by atoms with Crippen LogP contribution in [0.2, 0.25) is 0 Å². The van der Waals surface area contributed by atoms with Crippen molar-refractivity contribution in [1.29, 1.82) is 0 Å². The normalized spacial score (nSPS) is 11.3. The van der Waals surface area contributed by atoms with Gasteiger partial charge in [0.15, 0.2) is 0 Å². The van der Waals surface area contributed by atoms with Gasteiger partial charge in [0.2, 0.25) is 0 Å². The monoisotopic (exact) mass is 305 g/mol. The molecule has 0 bridgehead atoms. The van der Waals surface area contributed by atoms with Crippen LogP contribution in [0.4, 0.5) is 5.82 Å². The van der Waals surface area contributed by atoms with E-state index in [0.717, 1.165) is 24.3 Å². The van der Waals surface area contributed by atoms with Gasteiger partial charge >= 0.3 is 0 Å². The lowest BCUT2D eigenvalue weighted by molar-refractivity contribution is 0.601. The van der Waals surface area contributed by atoms with Gasteiger partial charge < -0.3 is 5.32 Å². The van der Waals surface area contributed by atoms with Gasteiger partial charge in [0.25, 0.3) is 10.0 Å². The molecule has 2 rings (SSSR count). The fraction of sp³-hybridized carbons (Fsp3) is 0.267. The highest BCUT2D eigenvalue weighted by Crippen LogP contribution is 2.15. The minimum atomic E-state index is -3.60. The van der Waals surface area contributed by atoms with Crippen LogP contribution in [-0.4, -0.2) is 19.9 Å².